The van der Waals surface area contributed by atoms with E-state index in [2.05, 4.69) is 23.7 Å². The topological polar surface area (TPSA) is 60.8 Å². The predicted octanol–water partition coefficient (Wildman–Crippen LogP) is 5.15. The first-order valence-electron chi connectivity index (χ1n) is 13.7. The molecule has 2 saturated heterocycles. The van der Waals surface area contributed by atoms with Gasteiger partial charge in [-0.15, -0.1) is 0 Å². The normalized spacial score (nSPS) is 22.8. The minimum Gasteiger partial charge on any atom is -0.466 e. The van der Waals surface area contributed by atoms with Crippen LogP contribution in [0.2, 0.25) is 0 Å². The van der Waals surface area contributed by atoms with E-state index < -0.39 is 0 Å². The Kier molecular flexibility index (Phi) is 8.53. The lowest BCUT2D eigenvalue weighted by Crippen LogP contribution is -2.42. The van der Waals surface area contributed by atoms with Crippen molar-refractivity contribution < 1.29 is 19.1 Å². The van der Waals surface area contributed by atoms with E-state index >= 15 is 0 Å². The summed E-state index contributed by atoms with van der Waals surface area (Å²) in [5.41, 5.74) is 4.81. The summed E-state index contributed by atoms with van der Waals surface area (Å²) in [4.78, 5) is 27.5. The third-order valence-corrected chi connectivity index (χ3v) is 8.16. The molecule has 0 spiro atoms. The number of aryl methyl sites for hydroxylation is 1. The first-order valence-corrected chi connectivity index (χ1v) is 13.7. The maximum absolute atomic E-state index is 13.4. The van der Waals surface area contributed by atoms with E-state index in [0.29, 0.717) is 25.6 Å². The number of carbonyl (C=O) groups excluding carboxylic acids is 2. The van der Waals surface area contributed by atoms with Crippen molar-refractivity contribution in [2.24, 2.45) is 24.8 Å². The van der Waals surface area contributed by atoms with Crippen LogP contribution in [0.25, 0.3) is 10.9 Å². The van der Waals surface area contributed by atoms with Crippen molar-refractivity contribution in [2.45, 2.75) is 65.7 Å². The van der Waals surface area contributed by atoms with Gasteiger partial charge in [0, 0.05) is 55.5 Å². The molecular formula is C29H42N2O4. The molecule has 1 aromatic heterocycles. The molecule has 192 valence electrons. The van der Waals surface area contributed by atoms with E-state index in [4.69, 9.17) is 9.47 Å². The lowest BCUT2D eigenvalue weighted by atomic mass is 9.75. The van der Waals surface area contributed by atoms with E-state index in [0.717, 1.165) is 50.4 Å². The van der Waals surface area contributed by atoms with Gasteiger partial charge in [-0.05, 0) is 87.5 Å². The highest BCUT2D eigenvalue weighted by atomic mass is 16.5. The Morgan fingerprint density at radius 1 is 1.09 bits per heavy atom. The van der Waals surface area contributed by atoms with Crippen molar-refractivity contribution in [3.8, 4) is 0 Å². The first-order chi connectivity index (χ1) is 17.1. The molecule has 2 aromatic rings. The Bertz CT molecular complexity index is 1040. The number of hydrogen-bond acceptors (Lipinski definition) is 4. The quantitative estimate of drug-likeness (QED) is 0.566. The zero-order chi connectivity index (χ0) is 24.9. The average molecular weight is 483 g/mol. The van der Waals surface area contributed by atoms with Crippen LogP contribution in [0, 0.1) is 17.8 Å². The monoisotopic (exact) mass is 482 g/mol. The highest BCUT2D eigenvalue weighted by Crippen LogP contribution is 2.39. The third kappa shape index (κ3) is 5.28. The number of rotatable bonds is 4. The van der Waals surface area contributed by atoms with Crippen LogP contribution in [0.15, 0.2) is 18.2 Å². The van der Waals surface area contributed by atoms with Crippen LogP contribution in [0.3, 0.4) is 0 Å². The fourth-order valence-electron chi connectivity index (χ4n) is 6.33. The highest BCUT2D eigenvalue weighted by molar-refractivity contribution is 5.99. The van der Waals surface area contributed by atoms with Gasteiger partial charge in [-0.2, -0.15) is 0 Å². The fraction of sp³-hybridized carbons (Fsp3) is 0.655. The van der Waals surface area contributed by atoms with Crippen molar-refractivity contribution >= 4 is 22.8 Å². The molecule has 0 radical (unpaired) electrons. The summed E-state index contributed by atoms with van der Waals surface area (Å²) < 4.78 is 13.1. The zero-order valence-electron chi connectivity index (χ0n) is 22.0. The molecule has 2 fully saturated rings. The van der Waals surface area contributed by atoms with Gasteiger partial charge < -0.3 is 18.9 Å². The SMILES string of the molecule is CC.CCOC(=O)[C@H]1CCCN(C(=O)c2ccc3c(c2)c2c(n3C)CCC(C3CCOCC3)C2)C1. The van der Waals surface area contributed by atoms with Crippen LogP contribution >= 0.6 is 0 Å². The van der Waals surface area contributed by atoms with Crippen LogP contribution in [0.4, 0.5) is 0 Å². The molecular weight excluding hydrogens is 440 g/mol. The minimum atomic E-state index is -0.212. The lowest BCUT2D eigenvalue weighted by molar-refractivity contribution is -0.149. The first kappa shape index (κ1) is 25.7. The number of fused-ring (bicyclic) bond motifs is 3. The largest absolute Gasteiger partial charge is 0.466 e. The summed E-state index contributed by atoms with van der Waals surface area (Å²) in [6.07, 6.45) is 7.43. The Hall–Kier alpha value is -2.34. The Balaban J connectivity index is 0.00000141. The number of aromatic nitrogens is 1. The van der Waals surface area contributed by atoms with E-state index in [1.807, 2.05) is 31.7 Å². The molecule has 6 nitrogen and oxygen atoms in total. The van der Waals surface area contributed by atoms with E-state index in [9.17, 15) is 9.59 Å². The number of amides is 1. The number of hydrogen-bond donors (Lipinski definition) is 0. The van der Waals surface area contributed by atoms with Crippen LogP contribution in [-0.4, -0.2) is 54.3 Å². The maximum Gasteiger partial charge on any atom is 0.310 e. The van der Waals surface area contributed by atoms with Gasteiger partial charge >= 0.3 is 5.97 Å². The second-order valence-electron chi connectivity index (χ2n) is 10.0. The molecule has 1 unspecified atom stereocenters. The van der Waals surface area contributed by atoms with E-state index in [1.54, 1.807) is 0 Å². The minimum absolute atomic E-state index is 0.0280. The fourth-order valence-corrected chi connectivity index (χ4v) is 6.33. The summed E-state index contributed by atoms with van der Waals surface area (Å²) in [6.45, 7) is 9.15. The van der Waals surface area contributed by atoms with E-state index in [1.165, 1.54) is 41.4 Å². The summed E-state index contributed by atoms with van der Waals surface area (Å²) in [5, 5.41) is 1.23. The van der Waals surface area contributed by atoms with Gasteiger partial charge in [-0.25, -0.2) is 0 Å². The number of benzene rings is 1. The van der Waals surface area contributed by atoms with Gasteiger partial charge in [0.05, 0.1) is 12.5 Å². The van der Waals surface area contributed by atoms with Crippen molar-refractivity contribution in [3.05, 3.63) is 35.0 Å². The van der Waals surface area contributed by atoms with Gasteiger partial charge in [0.1, 0.15) is 0 Å². The molecule has 2 aliphatic heterocycles. The molecule has 0 saturated carbocycles. The second kappa shape index (κ2) is 11.6. The molecule has 1 amide bonds. The molecule has 2 atom stereocenters. The lowest BCUT2D eigenvalue weighted by Gasteiger charge is -2.33. The number of carbonyl (C=O) groups is 2. The smallest absolute Gasteiger partial charge is 0.310 e. The predicted molar refractivity (Wildman–Crippen MR) is 139 cm³/mol. The van der Waals surface area contributed by atoms with Gasteiger partial charge in [0.15, 0.2) is 0 Å². The third-order valence-electron chi connectivity index (χ3n) is 8.16. The van der Waals surface area contributed by atoms with Crippen molar-refractivity contribution in [1.82, 2.24) is 9.47 Å². The van der Waals surface area contributed by atoms with Crippen molar-refractivity contribution in [3.63, 3.8) is 0 Å². The Morgan fingerprint density at radius 3 is 2.60 bits per heavy atom. The number of piperidine rings is 1. The van der Waals surface area contributed by atoms with Gasteiger partial charge in [0.25, 0.3) is 5.91 Å². The summed E-state index contributed by atoms with van der Waals surface area (Å²) >= 11 is 0. The van der Waals surface area contributed by atoms with E-state index in [-0.39, 0.29) is 17.8 Å². The van der Waals surface area contributed by atoms with Crippen molar-refractivity contribution in [2.75, 3.05) is 32.9 Å². The number of ether oxygens (including phenoxy) is 2. The Morgan fingerprint density at radius 2 is 1.86 bits per heavy atom. The molecule has 0 bridgehead atoms. The summed E-state index contributed by atoms with van der Waals surface area (Å²) in [7, 11) is 2.16. The van der Waals surface area contributed by atoms with Crippen molar-refractivity contribution in [1.29, 1.82) is 0 Å². The molecule has 1 aliphatic carbocycles. The molecule has 3 aliphatic rings. The van der Waals surface area contributed by atoms with Crippen LogP contribution in [0.5, 0.6) is 0 Å². The van der Waals surface area contributed by atoms with Gasteiger partial charge in [-0.3, -0.25) is 9.59 Å². The van der Waals surface area contributed by atoms with Crippen LogP contribution in [0.1, 0.15) is 74.5 Å². The number of esters is 1. The van der Waals surface area contributed by atoms with Crippen LogP contribution < -0.4 is 0 Å². The number of likely N-dealkylation sites (tertiary alicyclic amines) is 1. The number of nitrogens with zero attached hydrogens (tertiary/aromatic N) is 2. The summed E-state index contributed by atoms with van der Waals surface area (Å²) in [6, 6.07) is 6.17. The second-order valence-corrected chi connectivity index (χ2v) is 10.0. The van der Waals surface area contributed by atoms with Crippen LogP contribution in [-0.2, 0) is 34.2 Å². The van der Waals surface area contributed by atoms with Gasteiger partial charge in [-0.1, -0.05) is 13.8 Å². The molecule has 0 N–H and O–H groups in total. The standard InChI is InChI=1S/C27H36N2O4.C2H6/c1-3-33-27(31)21-5-4-12-29(17-21)26(30)20-7-9-25-23(16-20)22-15-19(6-8-24(22)28(25)2)18-10-13-32-14-11-18;1-2/h7,9,16,18-19,21H,3-6,8,10-15,17H2,1-2H3;1-2H3/t19?,21-;/m0./s1. The Labute approximate surface area is 209 Å². The molecule has 6 heteroatoms. The molecule has 35 heavy (non-hydrogen) atoms. The molecule has 1 aromatic carbocycles. The summed E-state index contributed by atoms with van der Waals surface area (Å²) in [5.74, 6) is 1.09. The molecule has 5 rings (SSSR count). The highest BCUT2D eigenvalue weighted by Gasteiger charge is 2.32. The van der Waals surface area contributed by atoms with Gasteiger partial charge in [0.2, 0.25) is 0 Å². The maximum atomic E-state index is 13.4. The average Bonchev–Trinajstić information content (AvgIpc) is 3.20. The zero-order valence-corrected chi connectivity index (χ0v) is 22.0. The molecule has 3 heterocycles.